The Morgan fingerprint density at radius 1 is 1.17 bits per heavy atom. The molecule has 0 spiro atoms. The van der Waals surface area contributed by atoms with E-state index in [1.807, 2.05) is 0 Å². The van der Waals surface area contributed by atoms with Crippen molar-refractivity contribution in [1.29, 1.82) is 0 Å². The highest BCUT2D eigenvalue weighted by Gasteiger charge is 2.19. The molecular weight excluding hydrogens is 146 g/mol. The molecule has 0 bridgehead atoms. The monoisotopic (exact) mass is 162 g/mol. The zero-order valence-electron chi connectivity index (χ0n) is 7.42. The van der Waals surface area contributed by atoms with Gasteiger partial charge in [0.15, 0.2) is 0 Å². The fourth-order valence-corrected chi connectivity index (χ4v) is 1.92. The molecule has 0 aromatic carbocycles. The molecule has 0 amide bonds. The minimum Gasteiger partial charge on any atom is -0.313 e. The van der Waals surface area contributed by atoms with Crippen molar-refractivity contribution in [2.45, 2.75) is 31.7 Å². The summed E-state index contributed by atoms with van der Waals surface area (Å²) in [7, 11) is 0. The fourth-order valence-electron chi connectivity index (χ4n) is 1.92. The third kappa shape index (κ3) is 2.22. The lowest BCUT2D eigenvalue weighted by Crippen LogP contribution is -2.29. The maximum absolute atomic E-state index is 3.58. The Balaban J connectivity index is 1.60. The summed E-state index contributed by atoms with van der Waals surface area (Å²) in [6.07, 6.45) is 14.2. The van der Waals surface area contributed by atoms with E-state index in [0.29, 0.717) is 0 Å². The van der Waals surface area contributed by atoms with Crippen LogP contribution in [0.2, 0.25) is 0 Å². The Kier molecular flexibility index (Phi) is 3.04. The van der Waals surface area contributed by atoms with Crippen LogP contribution in [0.3, 0.4) is 0 Å². The summed E-state index contributed by atoms with van der Waals surface area (Å²) in [4.78, 5) is 0. The lowest BCUT2D eigenvalue weighted by molar-refractivity contribution is 0.540. The van der Waals surface area contributed by atoms with Crippen molar-refractivity contribution in [3.8, 4) is 0 Å². The molecule has 0 aliphatic heterocycles. The lowest BCUT2D eigenvalue weighted by atomic mass is 10.1. The van der Waals surface area contributed by atoms with Crippen LogP contribution in [0.4, 0.5) is 0 Å². The van der Waals surface area contributed by atoms with E-state index in [2.05, 4.69) is 31.0 Å². The SMILES string of the molecule is [CH]1[CH][CH][C](CNC2CCCC2)[CH]1. The van der Waals surface area contributed by atoms with Gasteiger partial charge >= 0.3 is 0 Å². The summed E-state index contributed by atoms with van der Waals surface area (Å²) in [5, 5.41) is 3.58. The first kappa shape index (κ1) is 8.55. The summed E-state index contributed by atoms with van der Waals surface area (Å²) in [6, 6.07) is 0.792. The van der Waals surface area contributed by atoms with Crippen LogP contribution in [-0.4, -0.2) is 12.6 Å². The molecule has 0 saturated heterocycles. The molecule has 2 aliphatic rings. The molecule has 0 heterocycles. The van der Waals surface area contributed by atoms with Crippen LogP contribution in [-0.2, 0) is 0 Å². The zero-order chi connectivity index (χ0) is 8.23. The van der Waals surface area contributed by atoms with Crippen LogP contribution in [0, 0.1) is 31.6 Å². The van der Waals surface area contributed by atoms with E-state index in [-0.39, 0.29) is 0 Å². The van der Waals surface area contributed by atoms with Gasteiger partial charge in [0.05, 0.1) is 0 Å². The maximum atomic E-state index is 3.58. The third-order valence-corrected chi connectivity index (χ3v) is 2.68. The predicted octanol–water partition coefficient (Wildman–Crippen LogP) is 1.92. The van der Waals surface area contributed by atoms with Gasteiger partial charge in [0, 0.05) is 12.6 Å². The summed E-state index contributed by atoms with van der Waals surface area (Å²) in [6.45, 7) is 1.05. The van der Waals surface area contributed by atoms with Gasteiger partial charge in [-0.15, -0.1) is 0 Å². The van der Waals surface area contributed by atoms with Crippen molar-refractivity contribution < 1.29 is 0 Å². The van der Waals surface area contributed by atoms with Crippen molar-refractivity contribution >= 4 is 0 Å². The van der Waals surface area contributed by atoms with E-state index in [9.17, 15) is 0 Å². The summed E-state index contributed by atoms with van der Waals surface area (Å²) < 4.78 is 0. The van der Waals surface area contributed by atoms with Crippen LogP contribution in [0.25, 0.3) is 0 Å². The van der Waals surface area contributed by atoms with Crippen molar-refractivity contribution in [2.24, 2.45) is 0 Å². The average molecular weight is 162 g/mol. The highest BCUT2D eigenvalue weighted by molar-refractivity contribution is 5.36. The zero-order valence-corrected chi connectivity index (χ0v) is 7.42. The second kappa shape index (κ2) is 4.27. The van der Waals surface area contributed by atoms with Crippen LogP contribution in [0.15, 0.2) is 0 Å². The minimum absolute atomic E-state index is 0.792. The van der Waals surface area contributed by atoms with Gasteiger partial charge in [-0.3, -0.25) is 0 Å². The Bertz CT molecular complexity index is 105. The van der Waals surface area contributed by atoms with Gasteiger partial charge in [-0.25, -0.2) is 0 Å². The normalized spacial score (nSPS) is 27.0. The molecule has 2 fully saturated rings. The van der Waals surface area contributed by atoms with Gasteiger partial charge in [0.2, 0.25) is 0 Å². The van der Waals surface area contributed by atoms with Gasteiger partial charge in [-0.05, 0) is 44.4 Å². The van der Waals surface area contributed by atoms with Gasteiger partial charge in [0.25, 0.3) is 0 Å². The molecule has 0 atom stereocenters. The number of nitrogens with one attached hydrogen (secondary N) is 1. The van der Waals surface area contributed by atoms with Gasteiger partial charge < -0.3 is 5.32 Å². The van der Waals surface area contributed by atoms with Gasteiger partial charge in [0.1, 0.15) is 0 Å². The fraction of sp³-hybridized carbons (Fsp3) is 0.545. The van der Waals surface area contributed by atoms with Gasteiger partial charge in [-0.2, -0.15) is 0 Å². The summed E-state index contributed by atoms with van der Waals surface area (Å²) in [5.41, 5.74) is 0. The highest BCUT2D eigenvalue weighted by atomic mass is 14.9. The highest BCUT2D eigenvalue weighted by Crippen LogP contribution is 2.23. The van der Waals surface area contributed by atoms with E-state index < -0.39 is 0 Å². The summed E-state index contributed by atoms with van der Waals surface area (Å²) in [5.74, 6) is 1.42. The van der Waals surface area contributed by atoms with Crippen molar-refractivity contribution in [1.82, 2.24) is 5.32 Å². The van der Waals surface area contributed by atoms with Gasteiger partial charge in [-0.1, -0.05) is 12.8 Å². The van der Waals surface area contributed by atoms with Crippen LogP contribution in [0.1, 0.15) is 25.7 Å². The Labute approximate surface area is 75.9 Å². The maximum Gasteiger partial charge on any atom is 0.00673 e. The minimum atomic E-state index is 0.792. The first-order chi connectivity index (χ1) is 5.95. The first-order valence-electron chi connectivity index (χ1n) is 4.89. The van der Waals surface area contributed by atoms with Crippen LogP contribution in [0.5, 0.6) is 0 Å². The number of hydrogen-bond donors (Lipinski definition) is 1. The quantitative estimate of drug-likeness (QED) is 0.668. The molecular formula is C11H16N. The topological polar surface area (TPSA) is 12.0 Å². The van der Waals surface area contributed by atoms with Crippen molar-refractivity contribution in [3.63, 3.8) is 0 Å². The Morgan fingerprint density at radius 3 is 2.50 bits per heavy atom. The van der Waals surface area contributed by atoms with Crippen molar-refractivity contribution in [2.75, 3.05) is 6.54 Å². The molecule has 5 radical (unpaired) electrons. The molecule has 0 unspecified atom stereocenters. The molecule has 1 N–H and O–H groups in total. The van der Waals surface area contributed by atoms with E-state index in [1.54, 1.807) is 0 Å². The number of rotatable bonds is 3. The molecule has 0 aromatic heterocycles. The smallest absolute Gasteiger partial charge is 0.00673 e. The van der Waals surface area contributed by atoms with E-state index in [1.165, 1.54) is 31.6 Å². The predicted molar refractivity (Wildman–Crippen MR) is 50.7 cm³/mol. The average Bonchev–Trinajstić information content (AvgIpc) is 2.74. The summed E-state index contributed by atoms with van der Waals surface area (Å²) >= 11 is 0. The molecule has 2 aliphatic carbocycles. The van der Waals surface area contributed by atoms with Crippen LogP contribution >= 0.6 is 0 Å². The lowest BCUT2D eigenvalue weighted by Gasteiger charge is -2.14. The van der Waals surface area contributed by atoms with E-state index in [0.717, 1.165) is 12.6 Å². The van der Waals surface area contributed by atoms with Crippen molar-refractivity contribution in [3.05, 3.63) is 31.6 Å². The second-order valence-electron chi connectivity index (χ2n) is 3.66. The molecule has 65 valence electrons. The largest absolute Gasteiger partial charge is 0.313 e. The standard InChI is InChI=1S/C11H16N/c1-2-6-10(5-1)9-12-11-7-3-4-8-11/h1-2,5-6,11-12H,3-4,7-9H2. The third-order valence-electron chi connectivity index (χ3n) is 2.68. The molecule has 12 heavy (non-hydrogen) atoms. The number of hydrogen-bond acceptors (Lipinski definition) is 1. The Morgan fingerprint density at radius 2 is 1.83 bits per heavy atom. The Hall–Kier alpha value is -0.0400. The molecule has 2 saturated carbocycles. The second-order valence-corrected chi connectivity index (χ2v) is 3.66. The first-order valence-corrected chi connectivity index (χ1v) is 4.89. The van der Waals surface area contributed by atoms with Crippen LogP contribution < -0.4 is 5.32 Å². The molecule has 0 aromatic rings. The molecule has 2 rings (SSSR count). The molecule has 1 nitrogen and oxygen atoms in total. The van der Waals surface area contributed by atoms with E-state index in [4.69, 9.17) is 0 Å². The van der Waals surface area contributed by atoms with E-state index >= 15 is 0 Å². The molecule has 1 heteroatoms.